The number of aromatic nitrogens is 1. The molecular formula is C16H20N4O2S. The van der Waals surface area contributed by atoms with Crippen molar-refractivity contribution in [3.8, 4) is 11.3 Å². The van der Waals surface area contributed by atoms with Gasteiger partial charge in [0.2, 0.25) is 0 Å². The number of aliphatic hydroxyl groups is 1. The summed E-state index contributed by atoms with van der Waals surface area (Å²) in [6.07, 6.45) is 0. The molecule has 3 rings (SSSR count). The molecule has 122 valence electrons. The van der Waals surface area contributed by atoms with Crippen LogP contribution in [0.25, 0.3) is 11.3 Å². The molecule has 1 aromatic heterocycles. The van der Waals surface area contributed by atoms with Crippen molar-refractivity contribution in [1.82, 2.24) is 14.2 Å². The Bertz CT molecular complexity index is 639. The summed E-state index contributed by atoms with van der Waals surface area (Å²) < 4.78 is 4.39. The van der Waals surface area contributed by atoms with Crippen molar-refractivity contribution < 1.29 is 9.90 Å². The quantitative estimate of drug-likeness (QED) is 0.898. The molecule has 23 heavy (non-hydrogen) atoms. The number of carbonyl (C=O) groups excluding carboxylic acids is 1. The lowest BCUT2D eigenvalue weighted by Crippen LogP contribution is -2.50. The number of β-amino-alcohol motifs (C(OH)–C–C–N with tert-alkyl or cyclic N) is 1. The van der Waals surface area contributed by atoms with E-state index in [4.69, 9.17) is 5.11 Å². The van der Waals surface area contributed by atoms with Gasteiger partial charge >= 0.3 is 6.03 Å². The Labute approximate surface area is 139 Å². The third-order valence-corrected chi connectivity index (χ3v) is 4.59. The Morgan fingerprint density at radius 3 is 2.65 bits per heavy atom. The number of nitrogens with one attached hydrogen (secondary N) is 1. The minimum atomic E-state index is -0.0862. The summed E-state index contributed by atoms with van der Waals surface area (Å²) in [5.41, 5.74) is 1.92. The zero-order valence-electron chi connectivity index (χ0n) is 12.8. The number of amides is 2. The van der Waals surface area contributed by atoms with Gasteiger partial charge in [0.15, 0.2) is 0 Å². The molecule has 2 aromatic rings. The van der Waals surface area contributed by atoms with E-state index in [-0.39, 0.29) is 12.6 Å². The van der Waals surface area contributed by atoms with E-state index in [2.05, 4.69) is 14.6 Å². The van der Waals surface area contributed by atoms with Crippen molar-refractivity contribution in [1.29, 1.82) is 0 Å². The average Bonchev–Trinajstić information content (AvgIpc) is 3.05. The lowest BCUT2D eigenvalue weighted by Gasteiger charge is -2.34. The van der Waals surface area contributed by atoms with Crippen LogP contribution < -0.4 is 5.32 Å². The number of anilines is 1. The number of benzene rings is 1. The molecule has 1 aromatic carbocycles. The highest BCUT2D eigenvalue weighted by Crippen LogP contribution is 2.25. The second kappa shape index (κ2) is 7.54. The summed E-state index contributed by atoms with van der Waals surface area (Å²) in [4.78, 5) is 16.3. The van der Waals surface area contributed by atoms with E-state index in [9.17, 15) is 4.79 Å². The predicted octanol–water partition coefficient (Wildman–Crippen LogP) is 1.95. The molecule has 1 aliphatic rings. The Balaban J connectivity index is 1.56. The van der Waals surface area contributed by atoms with Crippen molar-refractivity contribution in [2.24, 2.45) is 0 Å². The SMILES string of the molecule is O=C(Nc1cc(-c2ccccc2)ns1)N1CCN(CCO)CC1. The van der Waals surface area contributed by atoms with Crippen LogP contribution in [0.1, 0.15) is 0 Å². The molecule has 0 atom stereocenters. The molecular weight excluding hydrogens is 312 g/mol. The zero-order valence-corrected chi connectivity index (χ0v) is 13.6. The van der Waals surface area contributed by atoms with Gasteiger partial charge in [0, 0.05) is 44.4 Å². The van der Waals surface area contributed by atoms with Crippen LogP contribution in [0.2, 0.25) is 0 Å². The summed E-state index contributed by atoms with van der Waals surface area (Å²) in [6, 6.07) is 11.7. The molecule has 2 N–H and O–H groups in total. The maximum absolute atomic E-state index is 12.3. The zero-order chi connectivity index (χ0) is 16.1. The van der Waals surface area contributed by atoms with Crippen LogP contribution in [-0.4, -0.2) is 64.6 Å². The van der Waals surface area contributed by atoms with E-state index in [0.29, 0.717) is 19.6 Å². The van der Waals surface area contributed by atoms with Crippen molar-refractivity contribution in [2.75, 3.05) is 44.6 Å². The van der Waals surface area contributed by atoms with Gasteiger partial charge in [0.05, 0.1) is 12.3 Å². The van der Waals surface area contributed by atoms with E-state index in [1.807, 2.05) is 36.4 Å². The van der Waals surface area contributed by atoms with Crippen LogP contribution in [0.15, 0.2) is 36.4 Å². The van der Waals surface area contributed by atoms with Crippen LogP contribution in [-0.2, 0) is 0 Å². The molecule has 0 saturated carbocycles. The third-order valence-electron chi connectivity index (χ3n) is 3.89. The van der Waals surface area contributed by atoms with Gasteiger partial charge in [-0.25, -0.2) is 4.79 Å². The highest BCUT2D eigenvalue weighted by molar-refractivity contribution is 7.10. The molecule has 2 heterocycles. The van der Waals surface area contributed by atoms with Crippen LogP contribution in [0.3, 0.4) is 0 Å². The first-order valence-corrected chi connectivity index (χ1v) is 8.45. The number of hydrogen-bond donors (Lipinski definition) is 2. The van der Waals surface area contributed by atoms with Gasteiger partial charge in [0.25, 0.3) is 0 Å². The molecule has 0 aliphatic carbocycles. The number of nitrogens with zero attached hydrogens (tertiary/aromatic N) is 3. The summed E-state index contributed by atoms with van der Waals surface area (Å²) in [7, 11) is 0. The summed E-state index contributed by atoms with van der Waals surface area (Å²) >= 11 is 1.29. The maximum atomic E-state index is 12.3. The number of aliphatic hydroxyl groups excluding tert-OH is 1. The summed E-state index contributed by atoms with van der Waals surface area (Å²) in [5.74, 6) is 0. The predicted molar refractivity (Wildman–Crippen MR) is 91.7 cm³/mol. The molecule has 0 radical (unpaired) electrons. The van der Waals surface area contributed by atoms with Gasteiger partial charge in [-0.2, -0.15) is 4.37 Å². The molecule has 1 fully saturated rings. The average molecular weight is 332 g/mol. The summed E-state index contributed by atoms with van der Waals surface area (Å²) in [5, 5.41) is 12.6. The Kier molecular flexibility index (Phi) is 5.22. The number of hydrogen-bond acceptors (Lipinski definition) is 5. The number of urea groups is 1. The van der Waals surface area contributed by atoms with Gasteiger partial charge < -0.3 is 10.0 Å². The fourth-order valence-electron chi connectivity index (χ4n) is 2.58. The number of rotatable bonds is 4. The monoisotopic (exact) mass is 332 g/mol. The highest BCUT2D eigenvalue weighted by atomic mass is 32.1. The Morgan fingerprint density at radius 2 is 1.96 bits per heavy atom. The lowest BCUT2D eigenvalue weighted by molar-refractivity contribution is 0.127. The fourth-order valence-corrected chi connectivity index (χ4v) is 3.23. The van der Waals surface area contributed by atoms with Crippen LogP contribution in [0.5, 0.6) is 0 Å². The van der Waals surface area contributed by atoms with Crippen molar-refractivity contribution >= 4 is 22.6 Å². The van der Waals surface area contributed by atoms with E-state index in [1.165, 1.54) is 11.5 Å². The van der Waals surface area contributed by atoms with E-state index in [0.717, 1.165) is 29.3 Å². The molecule has 7 heteroatoms. The standard InChI is InChI=1S/C16H20N4O2S/c21-11-10-19-6-8-20(9-7-19)16(22)17-15-12-14(18-23-15)13-4-2-1-3-5-13/h1-5,12,21H,6-11H2,(H,17,22). The minimum absolute atomic E-state index is 0.0862. The number of piperazine rings is 1. The van der Waals surface area contributed by atoms with Crippen molar-refractivity contribution in [2.45, 2.75) is 0 Å². The van der Waals surface area contributed by atoms with Gasteiger partial charge in [-0.05, 0) is 11.5 Å². The topological polar surface area (TPSA) is 68.7 Å². The normalized spacial score (nSPS) is 15.6. The van der Waals surface area contributed by atoms with Crippen LogP contribution >= 0.6 is 11.5 Å². The third kappa shape index (κ3) is 4.07. The van der Waals surface area contributed by atoms with Crippen LogP contribution in [0.4, 0.5) is 9.80 Å². The largest absolute Gasteiger partial charge is 0.395 e. The molecule has 0 unspecified atom stereocenters. The lowest BCUT2D eigenvalue weighted by atomic mass is 10.2. The fraction of sp³-hybridized carbons (Fsp3) is 0.375. The maximum Gasteiger partial charge on any atom is 0.322 e. The molecule has 0 bridgehead atoms. The highest BCUT2D eigenvalue weighted by Gasteiger charge is 2.21. The van der Waals surface area contributed by atoms with Gasteiger partial charge in [-0.15, -0.1) is 0 Å². The van der Waals surface area contributed by atoms with Gasteiger partial charge in [-0.1, -0.05) is 30.3 Å². The smallest absolute Gasteiger partial charge is 0.322 e. The first-order chi connectivity index (χ1) is 11.3. The Hall–Kier alpha value is -1.96. The van der Waals surface area contributed by atoms with E-state index < -0.39 is 0 Å². The number of carbonyl (C=O) groups is 1. The Morgan fingerprint density at radius 1 is 1.22 bits per heavy atom. The molecule has 2 amide bonds. The van der Waals surface area contributed by atoms with E-state index >= 15 is 0 Å². The molecule has 6 nitrogen and oxygen atoms in total. The van der Waals surface area contributed by atoms with Crippen molar-refractivity contribution in [3.05, 3.63) is 36.4 Å². The van der Waals surface area contributed by atoms with Gasteiger partial charge in [-0.3, -0.25) is 10.2 Å². The molecule has 1 aliphatic heterocycles. The van der Waals surface area contributed by atoms with Crippen LogP contribution in [0, 0.1) is 0 Å². The first-order valence-electron chi connectivity index (χ1n) is 7.67. The molecule has 1 saturated heterocycles. The van der Waals surface area contributed by atoms with Crippen molar-refractivity contribution in [3.63, 3.8) is 0 Å². The summed E-state index contributed by atoms with van der Waals surface area (Å²) in [6.45, 7) is 3.78. The minimum Gasteiger partial charge on any atom is -0.395 e. The second-order valence-electron chi connectivity index (χ2n) is 5.42. The van der Waals surface area contributed by atoms with E-state index in [1.54, 1.807) is 4.90 Å². The molecule has 0 spiro atoms. The van der Waals surface area contributed by atoms with Gasteiger partial charge in [0.1, 0.15) is 5.00 Å². The first kappa shape index (κ1) is 15.9. The second-order valence-corrected chi connectivity index (χ2v) is 6.23.